The molecule has 1 atom stereocenters. The zero-order chi connectivity index (χ0) is 15.2. The van der Waals surface area contributed by atoms with E-state index in [-0.39, 0.29) is 11.3 Å². The molecule has 1 saturated heterocycles. The summed E-state index contributed by atoms with van der Waals surface area (Å²) < 4.78 is 0. The predicted octanol–water partition coefficient (Wildman–Crippen LogP) is 3.23. The molecular formula is C17H18N2OS2. The molecule has 0 aromatic heterocycles. The zero-order valence-electron chi connectivity index (χ0n) is 12.1. The Morgan fingerprint density at radius 1 is 1.14 bits per heavy atom. The lowest BCUT2D eigenvalue weighted by Gasteiger charge is -2.23. The summed E-state index contributed by atoms with van der Waals surface area (Å²) >= 11 is 3.42. The van der Waals surface area contributed by atoms with E-state index >= 15 is 0 Å². The molecule has 0 aliphatic carbocycles. The summed E-state index contributed by atoms with van der Waals surface area (Å²) in [5.74, 6) is 1.03. The van der Waals surface area contributed by atoms with Crippen molar-refractivity contribution in [3.8, 4) is 0 Å². The standard InChI is InChI=1S/C17H18N2OS2/c20-17(19-16-12-18-10-11-21-16)14-8-4-5-9-15(14)22-13-6-2-1-3-7-13/h1-9,16,18H,10-12H2,(H,19,20). The van der Waals surface area contributed by atoms with Gasteiger partial charge in [0.15, 0.2) is 0 Å². The van der Waals surface area contributed by atoms with Crippen molar-refractivity contribution in [1.29, 1.82) is 0 Å². The molecule has 1 fully saturated rings. The van der Waals surface area contributed by atoms with Gasteiger partial charge < -0.3 is 10.6 Å². The summed E-state index contributed by atoms with van der Waals surface area (Å²) in [6, 6.07) is 17.9. The quantitative estimate of drug-likeness (QED) is 0.903. The molecule has 0 spiro atoms. The van der Waals surface area contributed by atoms with Gasteiger partial charge in [0.25, 0.3) is 5.91 Å². The molecule has 3 rings (SSSR count). The van der Waals surface area contributed by atoms with Crippen LogP contribution >= 0.6 is 23.5 Å². The van der Waals surface area contributed by atoms with E-state index in [1.54, 1.807) is 23.5 Å². The Labute approximate surface area is 139 Å². The van der Waals surface area contributed by atoms with Crippen LogP contribution in [0.5, 0.6) is 0 Å². The minimum Gasteiger partial charge on any atom is -0.339 e. The Morgan fingerprint density at radius 3 is 2.68 bits per heavy atom. The molecule has 1 unspecified atom stereocenters. The Hall–Kier alpha value is -1.43. The molecule has 5 heteroatoms. The SMILES string of the molecule is O=C(NC1CNCCS1)c1ccccc1Sc1ccccc1. The van der Waals surface area contributed by atoms with Crippen LogP contribution in [0, 0.1) is 0 Å². The first-order chi connectivity index (χ1) is 10.8. The number of hydrogen-bond donors (Lipinski definition) is 2. The van der Waals surface area contributed by atoms with Crippen molar-refractivity contribution in [2.75, 3.05) is 18.8 Å². The first-order valence-corrected chi connectivity index (χ1v) is 9.14. The van der Waals surface area contributed by atoms with Crippen molar-refractivity contribution in [3.05, 3.63) is 60.2 Å². The maximum atomic E-state index is 12.6. The van der Waals surface area contributed by atoms with Gasteiger partial charge in [0.1, 0.15) is 0 Å². The minimum absolute atomic E-state index is 0.000214. The lowest BCUT2D eigenvalue weighted by Crippen LogP contribution is -2.44. The predicted molar refractivity (Wildman–Crippen MR) is 93.6 cm³/mol. The molecule has 1 aliphatic heterocycles. The van der Waals surface area contributed by atoms with Crippen molar-refractivity contribution in [2.45, 2.75) is 15.2 Å². The fourth-order valence-corrected chi connectivity index (χ4v) is 4.18. The third kappa shape index (κ3) is 4.06. The number of carbonyl (C=O) groups excluding carboxylic acids is 1. The maximum Gasteiger partial charge on any atom is 0.253 e. The molecule has 3 nitrogen and oxygen atoms in total. The second-order valence-electron chi connectivity index (χ2n) is 4.95. The number of nitrogens with one attached hydrogen (secondary N) is 2. The number of thioether (sulfide) groups is 1. The van der Waals surface area contributed by atoms with Crippen molar-refractivity contribution in [2.24, 2.45) is 0 Å². The molecule has 2 aromatic carbocycles. The van der Waals surface area contributed by atoms with Gasteiger partial charge in [-0.1, -0.05) is 42.1 Å². The van der Waals surface area contributed by atoms with Gasteiger partial charge in [-0.15, -0.1) is 11.8 Å². The molecule has 2 aromatic rings. The zero-order valence-corrected chi connectivity index (χ0v) is 13.8. The van der Waals surface area contributed by atoms with Gasteiger partial charge >= 0.3 is 0 Å². The van der Waals surface area contributed by atoms with Crippen LogP contribution in [0.25, 0.3) is 0 Å². The van der Waals surface area contributed by atoms with Crippen molar-refractivity contribution >= 4 is 29.4 Å². The second-order valence-corrected chi connectivity index (χ2v) is 7.37. The van der Waals surface area contributed by atoms with Crippen LogP contribution in [0.3, 0.4) is 0 Å². The first-order valence-electron chi connectivity index (χ1n) is 7.28. The molecule has 22 heavy (non-hydrogen) atoms. The van der Waals surface area contributed by atoms with E-state index in [0.29, 0.717) is 0 Å². The Balaban J connectivity index is 1.74. The normalized spacial score (nSPS) is 17.9. The van der Waals surface area contributed by atoms with Crippen molar-refractivity contribution < 1.29 is 4.79 Å². The van der Waals surface area contributed by atoms with E-state index in [1.807, 2.05) is 42.5 Å². The Morgan fingerprint density at radius 2 is 1.91 bits per heavy atom. The van der Waals surface area contributed by atoms with Gasteiger partial charge in [-0.05, 0) is 24.3 Å². The number of benzene rings is 2. The van der Waals surface area contributed by atoms with E-state index in [1.165, 1.54) is 0 Å². The van der Waals surface area contributed by atoms with Crippen molar-refractivity contribution in [1.82, 2.24) is 10.6 Å². The summed E-state index contributed by atoms with van der Waals surface area (Å²) in [6.07, 6.45) is 0. The fourth-order valence-electron chi connectivity index (χ4n) is 2.24. The Bertz CT molecular complexity index is 628. The highest BCUT2D eigenvalue weighted by atomic mass is 32.2. The highest BCUT2D eigenvalue weighted by Crippen LogP contribution is 2.30. The lowest BCUT2D eigenvalue weighted by atomic mass is 10.2. The number of carbonyl (C=O) groups is 1. The van der Waals surface area contributed by atoms with E-state index in [2.05, 4.69) is 22.8 Å². The van der Waals surface area contributed by atoms with Crippen LogP contribution < -0.4 is 10.6 Å². The molecule has 1 heterocycles. The smallest absolute Gasteiger partial charge is 0.253 e. The molecule has 0 saturated carbocycles. The van der Waals surface area contributed by atoms with Gasteiger partial charge in [0.05, 0.1) is 10.9 Å². The van der Waals surface area contributed by atoms with Gasteiger partial charge in [0, 0.05) is 28.6 Å². The number of hydrogen-bond acceptors (Lipinski definition) is 4. The van der Waals surface area contributed by atoms with Crippen LogP contribution in [0.2, 0.25) is 0 Å². The average Bonchev–Trinajstić information content (AvgIpc) is 2.57. The number of amides is 1. The van der Waals surface area contributed by atoms with Gasteiger partial charge in [-0.25, -0.2) is 0 Å². The third-order valence-electron chi connectivity index (χ3n) is 3.32. The summed E-state index contributed by atoms with van der Waals surface area (Å²) in [6.45, 7) is 1.84. The van der Waals surface area contributed by atoms with Gasteiger partial charge in [-0.3, -0.25) is 4.79 Å². The molecule has 0 radical (unpaired) electrons. The van der Waals surface area contributed by atoms with Gasteiger partial charge in [-0.2, -0.15) is 0 Å². The second kappa shape index (κ2) is 7.72. The molecule has 0 bridgehead atoms. The first kappa shape index (κ1) is 15.5. The molecule has 1 aliphatic rings. The van der Waals surface area contributed by atoms with Crippen LogP contribution in [0.15, 0.2) is 64.4 Å². The van der Waals surface area contributed by atoms with Crippen molar-refractivity contribution in [3.63, 3.8) is 0 Å². The van der Waals surface area contributed by atoms with Crippen LogP contribution in [-0.2, 0) is 0 Å². The highest BCUT2D eigenvalue weighted by Gasteiger charge is 2.18. The monoisotopic (exact) mass is 330 g/mol. The summed E-state index contributed by atoms with van der Waals surface area (Å²) in [5.41, 5.74) is 0.738. The van der Waals surface area contributed by atoms with E-state index in [9.17, 15) is 4.79 Å². The fraction of sp³-hybridized carbons (Fsp3) is 0.235. The highest BCUT2D eigenvalue weighted by molar-refractivity contribution is 8.00. The molecular weight excluding hydrogens is 312 g/mol. The summed E-state index contributed by atoms with van der Waals surface area (Å²) in [4.78, 5) is 14.7. The summed E-state index contributed by atoms with van der Waals surface area (Å²) in [7, 11) is 0. The largest absolute Gasteiger partial charge is 0.339 e. The summed E-state index contributed by atoms with van der Waals surface area (Å²) in [5, 5.41) is 6.56. The topological polar surface area (TPSA) is 41.1 Å². The van der Waals surface area contributed by atoms with Crippen LogP contribution in [-0.4, -0.2) is 30.1 Å². The molecule has 114 valence electrons. The van der Waals surface area contributed by atoms with E-state index < -0.39 is 0 Å². The Kier molecular flexibility index (Phi) is 5.43. The number of rotatable bonds is 4. The van der Waals surface area contributed by atoms with E-state index in [0.717, 1.165) is 34.2 Å². The van der Waals surface area contributed by atoms with Gasteiger partial charge in [0.2, 0.25) is 0 Å². The lowest BCUT2D eigenvalue weighted by molar-refractivity contribution is 0.0946. The molecule has 1 amide bonds. The van der Waals surface area contributed by atoms with E-state index in [4.69, 9.17) is 0 Å². The maximum absolute atomic E-state index is 12.6. The van der Waals surface area contributed by atoms with Crippen LogP contribution in [0.4, 0.5) is 0 Å². The molecule has 2 N–H and O–H groups in total. The minimum atomic E-state index is 0.000214. The average molecular weight is 330 g/mol. The van der Waals surface area contributed by atoms with Crippen LogP contribution in [0.1, 0.15) is 10.4 Å². The third-order valence-corrected chi connectivity index (χ3v) is 5.53.